The number of nitrogens with one attached hydrogen (secondary N) is 2. The SMILES string of the molecule is CNCC(C)C(=O)NCC(O)c1cc(Cl)c2c(c1)OCCO2.Cl. The van der Waals surface area contributed by atoms with Crippen LogP contribution in [0.15, 0.2) is 12.1 Å². The van der Waals surface area contributed by atoms with Gasteiger partial charge in [0.05, 0.1) is 11.1 Å². The fourth-order valence-electron chi connectivity index (χ4n) is 2.21. The van der Waals surface area contributed by atoms with Gasteiger partial charge in [-0.15, -0.1) is 12.4 Å². The molecule has 0 aliphatic carbocycles. The predicted molar refractivity (Wildman–Crippen MR) is 90.8 cm³/mol. The standard InChI is InChI=1S/C15H21ClN2O4.ClH/c1-9(7-17-2)15(20)18-8-12(19)10-5-11(16)14-13(6-10)21-3-4-22-14;/h5-6,9,12,17,19H,3-4,7-8H2,1-2H3,(H,18,20);1H. The summed E-state index contributed by atoms with van der Waals surface area (Å²) in [4.78, 5) is 11.8. The molecular formula is C15H22Cl2N2O4. The Labute approximate surface area is 146 Å². The van der Waals surface area contributed by atoms with Crippen molar-refractivity contribution in [2.24, 2.45) is 5.92 Å². The van der Waals surface area contributed by atoms with E-state index in [0.717, 1.165) is 0 Å². The van der Waals surface area contributed by atoms with E-state index < -0.39 is 6.10 Å². The highest BCUT2D eigenvalue weighted by molar-refractivity contribution is 6.32. The number of hydrogen-bond donors (Lipinski definition) is 3. The van der Waals surface area contributed by atoms with Gasteiger partial charge in [-0.1, -0.05) is 18.5 Å². The molecule has 1 aliphatic rings. The lowest BCUT2D eigenvalue weighted by Gasteiger charge is -2.22. The van der Waals surface area contributed by atoms with Crippen LogP contribution in [0.2, 0.25) is 5.02 Å². The quantitative estimate of drug-likeness (QED) is 0.713. The summed E-state index contributed by atoms with van der Waals surface area (Å²) in [6.45, 7) is 3.41. The Kier molecular flexibility index (Phi) is 7.91. The van der Waals surface area contributed by atoms with Gasteiger partial charge in [0, 0.05) is 19.0 Å². The van der Waals surface area contributed by atoms with Gasteiger partial charge >= 0.3 is 0 Å². The van der Waals surface area contributed by atoms with E-state index in [0.29, 0.717) is 41.8 Å². The van der Waals surface area contributed by atoms with Crippen molar-refractivity contribution >= 4 is 29.9 Å². The van der Waals surface area contributed by atoms with Crippen molar-refractivity contribution in [1.29, 1.82) is 0 Å². The minimum atomic E-state index is -0.862. The zero-order valence-corrected chi connectivity index (χ0v) is 14.7. The first kappa shape index (κ1) is 19.8. The molecule has 1 amide bonds. The first-order valence-corrected chi connectivity index (χ1v) is 7.60. The monoisotopic (exact) mass is 364 g/mol. The van der Waals surface area contributed by atoms with Gasteiger partial charge in [-0.2, -0.15) is 0 Å². The maximum atomic E-state index is 11.8. The normalized spacial score (nSPS) is 15.3. The number of aliphatic hydroxyl groups is 1. The van der Waals surface area contributed by atoms with E-state index in [4.69, 9.17) is 21.1 Å². The first-order chi connectivity index (χ1) is 10.5. The number of aliphatic hydroxyl groups excluding tert-OH is 1. The van der Waals surface area contributed by atoms with Crippen LogP contribution in [0.25, 0.3) is 0 Å². The van der Waals surface area contributed by atoms with Crippen LogP contribution in [-0.2, 0) is 4.79 Å². The van der Waals surface area contributed by atoms with Crippen LogP contribution in [0.3, 0.4) is 0 Å². The van der Waals surface area contributed by atoms with Crippen molar-refractivity contribution in [3.05, 3.63) is 22.7 Å². The predicted octanol–water partition coefficient (Wildman–Crippen LogP) is 1.54. The Morgan fingerprint density at radius 1 is 1.35 bits per heavy atom. The van der Waals surface area contributed by atoms with Gasteiger partial charge in [-0.25, -0.2) is 0 Å². The van der Waals surface area contributed by atoms with E-state index in [2.05, 4.69) is 10.6 Å². The Bertz CT molecular complexity index is 542. The molecular weight excluding hydrogens is 343 g/mol. The number of ether oxygens (including phenoxy) is 2. The van der Waals surface area contributed by atoms with E-state index in [1.54, 1.807) is 19.2 Å². The summed E-state index contributed by atoms with van der Waals surface area (Å²) in [6, 6.07) is 3.32. The van der Waals surface area contributed by atoms with Crippen molar-refractivity contribution in [3.8, 4) is 11.5 Å². The second-order valence-electron chi connectivity index (χ2n) is 5.25. The summed E-state index contributed by atoms with van der Waals surface area (Å²) in [5.74, 6) is 0.733. The van der Waals surface area contributed by atoms with Crippen LogP contribution in [0, 0.1) is 5.92 Å². The van der Waals surface area contributed by atoms with Gasteiger partial charge in [-0.05, 0) is 24.7 Å². The molecule has 130 valence electrons. The Balaban J connectivity index is 0.00000264. The van der Waals surface area contributed by atoms with Gasteiger partial charge in [0.1, 0.15) is 13.2 Å². The molecule has 2 rings (SSSR count). The van der Waals surface area contributed by atoms with Crippen molar-refractivity contribution in [3.63, 3.8) is 0 Å². The second kappa shape index (κ2) is 9.17. The highest BCUT2D eigenvalue weighted by Crippen LogP contribution is 2.39. The largest absolute Gasteiger partial charge is 0.486 e. The lowest BCUT2D eigenvalue weighted by molar-refractivity contribution is -0.124. The lowest BCUT2D eigenvalue weighted by atomic mass is 10.1. The summed E-state index contributed by atoms with van der Waals surface area (Å²) in [5.41, 5.74) is 0.579. The van der Waals surface area contributed by atoms with Crippen molar-refractivity contribution in [2.45, 2.75) is 13.0 Å². The molecule has 6 nitrogen and oxygen atoms in total. The molecule has 0 radical (unpaired) electrons. The van der Waals surface area contributed by atoms with Crippen LogP contribution in [-0.4, -0.2) is 44.4 Å². The Morgan fingerprint density at radius 3 is 2.74 bits per heavy atom. The maximum absolute atomic E-state index is 11.8. The fourth-order valence-corrected chi connectivity index (χ4v) is 2.49. The average molecular weight is 365 g/mol. The topological polar surface area (TPSA) is 79.8 Å². The zero-order chi connectivity index (χ0) is 16.1. The summed E-state index contributed by atoms with van der Waals surface area (Å²) in [5, 5.41) is 16.3. The van der Waals surface area contributed by atoms with Gasteiger partial charge < -0.3 is 25.2 Å². The minimum Gasteiger partial charge on any atom is -0.486 e. The molecule has 1 aromatic carbocycles. The van der Waals surface area contributed by atoms with E-state index in [1.807, 2.05) is 6.92 Å². The molecule has 1 heterocycles. The third-order valence-electron chi connectivity index (χ3n) is 3.43. The van der Waals surface area contributed by atoms with Crippen LogP contribution >= 0.6 is 24.0 Å². The van der Waals surface area contributed by atoms with Crippen molar-refractivity contribution < 1.29 is 19.4 Å². The van der Waals surface area contributed by atoms with Gasteiger partial charge in [0.2, 0.25) is 5.91 Å². The summed E-state index contributed by atoms with van der Waals surface area (Å²) in [7, 11) is 1.79. The van der Waals surface area contributed by atoms with Gasteiger partial charge in [0.15, 0.2) is 11.5 Å². The number of amides is 1. The molecule has 3 N–H and O–H groups in total. The molecule has 2 unspecified atom stereocenters. The molecule has 23 heavy (non-hydrogen) atoms. The van der Waals surface area contributed by atoms with Crippen LogP contribution in [0.4, 0.5) is 0 Å². The Hall–Kier alpha value is -1.21. The molecule has 0 spiro atoms. The van der Waals surface area contributed by atoms with Crippen LogP contribution in [0.5, 0.6) is 11.5 Å². The van der Waals surface area contributed by atoms with Crippen molar-refractivity contribution in [1.82, 2.24) is 10.6 Å². The number of benzene rings is 1. The van der Waals surface area contributed by atoms with E-state index in [-0.39, 0.29) is 30.8 Å². The number of rotatable bonds is 6. The number of carbonyl (C=O) groups excluding carboxylic acids is 1. The fraction of sp³-hybridized carbons (Fsp3) is 0.533. The van der Waals surface area contributed by atoms with E-state index in [9.17, 15) is 9.90 Å². The molecule has 0 fully saturated rings. The molecule has 1 aliphatic heterocycles. The highest BCUT2D eigenvalue weighted by atomic mass is 35.5. The zero-order valence-electron chi connectivity index (χ0n) is 13.1. The highest BCUT2D eigenvalue weighted by Gasteiger charge is 2.20. The number of halogens is 2. The number of hydrogen-bond acceptors (Lipinski definition) is 5. The van der Waals surface area contributed by atoms with Gasteiger partial charge in [0.25, 0.3) is 0 Å². The molecule has 0 saturated heterocycles. The second-order valence-corrected chi connectivity index (χ2v) is 5.65. The van der Waals surface area contributed by atoms with E-state index >= 15 is 0 Å². The van der Waals surface area contributed by atoms with Crippen LogP contribution in [0.1, 0.15) is 18.6 Å². The first-order valence-electron chi connectivity index (χ1n) is 7.22. The maximum Gasteiger partial charge on any atom is 0.224 e. The average Bonchev–Trinajstić information content (AvgIpc) is 2.52. The van der Waals surface area contributed by atoms with Crippen LogP contribution < -0.4 is 20.1 Å². The Morgan fingerprint density at radius 2 is 2.04 bits per heavy atom. The molecule has 0 bridgehead atoms. The van der Waals surface area contributed by atoms with Crippen molar-refractivity contribution in [2.75, 3.05) is 33.4 Å². The smallest absolute Gasteiger partial charge is 0.224 e. The molecule has 8 heteroatoms. The lowest BCUT2D eigenvalue weighted by Crippen LogP contribution is -2.36. The van der Waals surface area contributed by atoms with E-state index in [1.165, 1.54) is 0 Å². The third kappa shape index (κ3) is 5.14. The summed E-state index contributed by atoms with van der Waals surface area (Å²) < 4.78 is 10.9. The molecule has 1 aromatic rings. The molecule has 2 atom stereocenters. The summed E-state index contributed by atoms with van der Waals surface area (Å²) >= 11 is 6.13. The minimum absolute atomic E-state index is 0. The summed E-state index contributed by atoms with van der Waals surface area (Å²) in [6.07, 6.45) is -0.862. The molecule has 0 saturated carbocycles. The van der Waals surface area contributed by atoms with Gasteiger partial charge in [-0.3, -0.25) is 4.79 Å². The number of fused-ring (bicyclic) bond motifs is 1. The number of carbonyl (C=O) groups is 1. The third-order valence-corrected chi connectivity index (χ3v) is 3.71. The molecule has 0 aromatic heterocycles.